The highest BCUT2D eigenvalue weighted by atomic mass is 31.2. The van der Waals surface area contributed by atoms with Crippen LogP contribution < -0.4 is 32.3 Å². The Balaban J connectivity index is 1.13. The lowest BCUT2D eigenvalue weighted by atomic mass is 9.98. The van der Waals surface area contributed by atoms with E-state index in [1.807, 2.05) is 6.07 Å². The van der Waals surface area contributed by atoms with E-state index in [2.05, 4.69) is 36.0 Å². The van der Waals surface area contributed by atoms with E-state index in [4.69, 9.17) is 19.0 Å². The number of amides is 3. The molecule has 4 aromatic heterocycles. The number of aryl methyl sites for hydroxylation is 4. The van der Waals surface area contributed by atoms with Crippen molar-refractivity contribution in [1.82, 2.24) is 28.6 Å². The number of nitriles is 1. The fourth-order valence-electron chi connectivity index (χ4n) is 7.09. The predicted molar refractivity (Wildman–Crippen MR) is 217 cm³/mol. The first-order chi connectivity index (χ1) is 28.7. The van der Waals surface area contributed by atoms with Gasteiger partial charge in [-0.1, -0.05) is 24.4 Å². The molecule has 5 N–H and O–H groups in total. The first-order valence-electron chi connectivity index (χ1n) is 19.2. The van der Waals surface area contributed by atoms with Crippen LogP contribution in [0.15, 0.2) is 57.7 Å². The molecule has 22 nitrogen and oxygen atoms in total. The average Bonchev–Trinajstić information content (AvgIpc) is 3.97. The van der Waals surface area contributed by atoms with Gasteiger partial charge in [0.1, 0.15) is 23.3 Å². The number of aromatic amines is 1. The van der Waals surface area contributed by atoms with Crippen LogP contribution in [0.2, 0.25) is 0 Å². The number of anilines is 3. The Morgan fingerprint density at radius 1 is 0.950 bits per heavy atom. The van der Waals surface area contributed by atoms with Crippen LogP contribution >= 0.6 is 7.75 Å². The zero-order valence-corrected chi connectivity index (χ0v) is 34.3. The molecular formula is C37H46N13O9P. The fourth-order valence-corrected chi connectivity index (χ4v) is 8.65. The number of hydrogen-bond donors (Lipinski definition) is 5. The van der Waals surface area contributed by atoms with Crippen LogP contribution in [0.1, 0.15) is 88.2 Å². The van der Waals surface area contributed by atoms with Crippen LogP contribution in [-0.2, 0) is 39.5 Å². The molecule has 4 aromatic rings. The summed E-state index contributed by atoms with van der Waals surface area (Å²) < 4.78 is 38.4. The van der Waals surface area contributed by atoms with Gasteiger partial charge in [0.2, 0.25) is 0 Å². The topological polar surface area (TPSA) is 286 Å². The van der Waals surface area contributed by atoms with Crippen LogP contribution in [0, 0.1) is 18.3 Å². The Bertz CT molecular complexity index is 2520. The summed E-state index contributed by atoms with van der Waals surface area (Å²) in [6, 6.07) is 5.60. The Hall–Kier alpha value is -6.36. The minimum atomic E-state index is -4.19. The highest BCUT2D eigenvalue weighted by Crippen LogP contribution is 2.51. The Morgan fingerprint density at radius 3 is 2.13 bits per heavy atom. The molecule has 0 bridgehead atoms. The monoisotopic (exact) mass is 847 g/mol. The summed E-state index contributed by atoms with van der Waals surface area (Å²) in [7, 11) is 0.709. The normalized spacial score (nSPS) is 18.8. The number of hydrogen-bond acceptors (Lipinski definition) is 11. The van der Waals surface area contributed by atoms with Crippen molar-refractivity contribution < 1.29 is 32.7 Å². The van der Waals surface area contributed by atoms with Gasteiger partial charge in [-0.25, -0.2) is 9.36 Å². The average molecular weight is 848 g/mol. The van der Waals surface area contributed by atoms with E-state index in [1.54, 1.807) is 38.1 Å². The molecule has 6 rings (SSSR count). The molecule has 0 aromatic carbocycles. The van der Waals surface area contributed by atoms with Gasteiger partial charge in [-0.2, -0.15) is 5.26 Å². The summed E-state index contributed by atoms with van der Waals surface area (Å²) >= 11 is 0. The van der Waals surface area contributed by atoms with Crippen molar-refractivity contribution in [1.29, 1.82) is 5.26 Å². The van der Waals surface area contributed by atoms with Gasteiger partial charge in [-0.3, -0.25) is 42.9 Å². The number of aromatic nitrogens is 5. The second kappa shape index (κ2) is 18.7. The molecule has 2 fully saturated rings. The van der Waals surface area contributed by atoms with E-state index in [9.17, 15) is 34.1 Å². The van der Waals surface area contributed by atoms with Crippen molar-refractivity contribution in [2.75, 3.05) is 28.9 Å². The molecule has 1 saturated heterocycles. The number of H-pyrrole nitrogens is 1. The summed E-state index contributed by atoms with van der Waals surface area (Å²) in [6.45, 7) is 1.37. The third-order valence-corrected chi connectivity index (χ3v) is 11.7. The maximum absolute atomic E-state index is 14.5. The van der Waals surface area contributed by atoms with E-state index in [1.165, 1.54) is 51.2 Å². The van der Waals surface area contributed by atoms with Crippen molar-refractivity contribution in [3.8, 4) is 6.07 Å². The first-order valence-corrected chi connectivity index (χ1v) is 20.7. The van der Waals surface area contributed by atoms with Crippen LogP contribution in [0.25, 0.3) is 10.4 Å². The van der Waals surface area contributed by atoms with Crippen molar-refractivity contribution in [3.05, 3.63) is 96.9 Å². The molecule has 1 saturated carbocycles. The smallest absolute Gasteiger partial charge is 0.352 e. The van der Waals surface area contributed by atoms with E-state index < -0.39 is 55.1 Å². The van der Waals surface area contributed by atoms with Gasteiger partial charge in [-0.15, -0.1) is 0 Å². The predicted octanol–water partition coefficient (Wildman–Crippen LogP) is 4.56. The quantitative estimate of drug-likeness (QED) is 0.0342. The Morgan fingerprint density at radius 2 is 1.53 bits per heavy atom. The lowest BCUT2D eigenvalue weighted by molar-refractivity contribution is -0.0262. The third kappa shape index (κ3) is 10.3. The molecule has 1 unspecified atom stereocenters. The molecule has 3 amide bonds. The summed E-state index contributed by atoms with van der Waals surface area (Å²) in [5.41, 5.74) is 9.87. The van der Waals surface area contributed by atoms with Crippen molar-refractivity contribution in [2.45, 2.75) is 76.3 Å². The number of rotatable bonds is 16. The van der Waals surface area contributed by atoms with Crippen molar-refractivity contribution >= 4 is 42.5 Å². The molecule has 5 heterocycles. The van der Waals surface area contributed by atoms with Crippen LogP contribution in [-0.4, -0.2) is 72.4 Å². The highest BCUT2D eigenvalue weighted by molar-refractivity contribution is 7.55. The lowest BCUT2D eigenvalue weighted by Gasteiger charge is -2.28. The molecule has 60 heavy (non-hydrogen) atoms. The second-order valence-electron chi connectivity index (χ2n) is 14.6. The number of carbonyl (C=O) groups is 3. The number of nitrogens with zero attached hydrogens (tertiary/aromatic N) is 8. The van der Waals surface area contributed by atoms with E-state index in [0.717, 1.165) is 19.3 Å². The number of carbonyl (C=O) groups excluding carboxylic acids is 3. The SMILES string of the molecule is Cc1cn([C@H]2C[C@H](N=[N+]=[N-])[C@@H](COP(=O)(Nc3cc(C(=O)Nc4cc(C(=O)Nc5cc(C(=O)NCCC#N)n(C)c5)n(C)c4)n(C)c3)OC3CCCCC3)O2)c(=O)[nH]c1=O. The summed E-state index contributed by atoms with van der Waals surface area (Å²) in [5.74, 6) is -1.43. The molecule has 0 spiro atoms. The van der Waals surface area contributed by atoms with E-state index in [-0.39, 0.29) is 60.4 Å². The maximum atomic E-state index is 14.5. The minimum Gasteiger partial charge on any atom is -0.352 e. The van der Waals surface area contributed by atoms with Crippen molar-refractivity contribution in [3.63, 3.8) is 0 Å². The van der Waals surface area contributed by atoms with E-state index >= 15 is 0 Å². The maximum Gasteiger partial charge on any atom is 0.433 e. The summed E-state index contributed by atoms with van der Waals surface area (Å²) in [5, 5.41) is 23.6. The van der Waals surface area contributed by atoms with Crippen molar-refractivity contribution in [2.24, 2.45) is 26.3 Å². The third-order valence-electron chi connectivity index (χ3n) is 10.1. The molecule has 318 valence electrons. The molecule has 1 aliphatic heterocycles. The Labute approximate surface area is 343 Å². The molecular weight excluding hydrogens is 801 g/mol. The van der Waals surface area contributed by atoms with Gasteiger partial charge in [0.05, 0.1) is 54.4 Å². The van der Waals surface area contributed by atoms with Gasteiger partial charge in [0.15, 0.2) is 0 Å². The summed E-state index contributed by atoms with van der Waals surface area (Å²) in [6.07, 6.45) is 8.09. The zero-order chi connectivity index (χ0) is 43.1. The first kappa shape index (κ1) is 43.2. The van der Waals surface area contributed by atoms with Gasteiger partial charge in [-0.05, 0) is 43.5 Å². The molecule has 1 aliphatic carbocycles. The van der Waals surface area contributed by atoms with Gasteiger partial charge in [0, 0.05) is 69.4 Å². The largest absolute Gasteiger partial charge is 0.433 e. The Kier molecular flexibility index (Phi) is 13.5. The number of azide groups is 1. The lowest BCUT2D eigenvalue weighted by Crippen LogP contribution is -2.33. The van der Waals surface area contributed by atoms with Gasteiger partial charge >= 0.3 is 13.4 Å². The zero-order valence-electron chi connectivity index (χ0n) is 33.4. The fraction of sp³-hybridized carbons (Fsp3) is 0.459. The molecule has 2 aliphatic rings. The molecule has 0 radical (unpaired) electrons. The minimum absolute atomic E-state index is 0.0784. The summed E-state index contributed by atoms with van der Waals surface area (Å²) in [4.78, 5) is 68.9. The van der Waals surface area contributed by atoms with Crippen LogP contribution in [0.3, 0.4) is 0 Å². The van der Waals surface area contributed by atoms with E-state index in [0.29, 0.717) is 24.2 Å². The molecule has 4 atom stereocenters. The highest BCUT2D eigenvalue weighted by Gasteiger charge is 2.40. The van der Waals surface area contributed by atoms with Crippen LogP contribution in [0.4, 0.5) is 17.1 Å². The van der Waals surface area contributed by atoms with Gasteiger partial charge < -0.3 is 34.4 Å². The second-order valence-corrected chi connectivity index (χ2v) is 16.3. The number of ether oxygens (including phenoxy) is 1. The standard InChI is InChI=1S/C37H46N13O9P/c1-22-17-50(37(55)43-33(22)51)32-16-27(44-46-39)31(58-32)21-57-60(56,59-26-9-6-5-7-10-26)45-25-15-30(49(4)20-25)36(54)42-24-14-29(48(3)19-24)35(53)41-23-13-28(47(2)18-23)34(52)40-12-8-11-38/h13-15,17-20,26-27,31-32H,5-10,12,16,21H2,1-4H3,(H,40,52)(H,41,53)(H,42,54)(H,45,56)(H,43,51,55)/t27-,31+,32+,60?/m0/s1. The van der Waals surface area contributed by atoms with Crippen LogP contribution in [0.5, 0.6) is 0 Å². The number of nitrogens with one attached hydrogen (secondary N) is 5. The van der Waals surface area contributed by atoms with Gasteiger partial charge in [0.25, 0.3) is 23.3 Å². The molecule has 23 heteroatoms.